The second-order valence-corrected chi connectivity index (χ2v) is 7.34. The van der Waals surface area contributed by atoms with Crippen LogP contribution in [0.15, 0.2) is 65.3 Å². The van der Waals surface area contributed by atoms with E-state index in [0.29, 0.717) is 16.6 Å². The first-order chi connectivity index (χ1) is 12.2. The highest BCUT2D eigenvalue weighted by Crippen LogP contribution is 2.29. The highest BCUT2D eigenvalue weighted by Gasteiger charge is 2.31. The summed E-state index contributed by atoms with van der Waals surface area (Å²) in [5.41, 5.74) is 1.93. The van der Waals surface area contributed by atoms with Crippen LogP contribution in [0, 0.1) is 5.82 Å². The molecule has 0 atom stereocenters. The van der Waals surface area contributed by atoms with Crippen LogP contribution in [-0.2, 0) is 4.79 Å². The molecule has 3 rings (SSSR count). The zero-order valence-electron chi connectivity index (χ0n) is 13.7. The number of nitrogens with zero attached hydrogens (tertiary/aromatic N) is 2. The molecule has 0 fully saturated rings. The third-order valence-corrected chi connectivity index (χ3v) is 5.35. The van der Waals surface area contributed by atoms with E-state index in [9.17, 15) is 9.18 Å². The molecule has 0 saturated heterocycles. The zero-order valence-corrected chi connectivity index (χ0v) is 15.3. The van der Waals surface area contributed by atoms with Crippen molar-refractivity contribution in [2.75, 3.05) is 22.7 Å². The van der Waals surface area contributed by atoms with Gasteiger partial charge in [0, 0.05) is 11.5 Å². The maximum atomic E-state index is 13.2. The molecule has 2 aromatic rings. The zero-order chi connectivity index (χ0) is 17.6. The molecule has 6 heteroatoms. The molecule has 1 aliphatic heterocycles. The van der Waals surface area contributed by atoms with Crippen LogP contribution in [0.4, 0.5) is 10.1 Å². The second-order valence-electron chi connectivity index (χ2n) is 5.29. The van der Waals surface area contributed by atoms with E-state index in [2.05, 4.69) is 4.99 Å². The van der Waals surface area contributed by atoms with Crippen molar-refractivity contribution in [1.29, 1.82) is 0 Å². The number of amidine groups is 1. The minimum atomic E-state index is -0.330. The molecule has 0 bridgehead atoms. The number of thioether (sulfide) groups is 2. The molecule has 2 aromatic carbocycles. The molecule has 0 unspecified atom stereocenters. The molecule has 0 radical (unpaired) electrons. The Morgan fingerprint density at radius 2 is 1.80 bits per heavy atom. The lowest BCUT2D eigenvalue weighted by Gasteiger charge is -2.17. The quantitative estimate of drug-likeness (QED) is 0.565. The lowest BCUT2D eigenvalue weighted by Crippen LogP contribution is -2.30. The topological polar surface area (TPSA) is 32.7 Å². The summed E-state index contributed by atoms with van der Waals surface area (Å²) < 4.78 is 13.2. The summed E-state index contributed by atoms with van der Waals surface area (Å²) in [5, 5.41) is 0.632. The van der Waals surface area contributed by atoms with Crippen molar-refractivity contribution in [3.8, 4) is 0 Å². The van der Waals surface area contributed by atoms with Crippen molar-refractivity contribution >= 4 is 46.4 Å². The summed E-state index contributed by atoms with van der Waals surface area (Å²) in [4.78, 5) is 19.0. The Bertz CT molecular complexity index is 804. The number of carbonyl (C=O) groups excluding carboxylic acids is 1. The molecule has 1 heterocycles. The molecule has 0 saturated carbocycles. The molecule has 128 valence electrons. The predicted molar refractivity (Wildman–Crippen MR) is 107 cm³/mol. The first kappa shape index (κ1) is 17.8. The summed E-state index contributed by atoms with van der Waals surface area (Å²) in [5.74, 6) is 1.29. The average molecular weight is 372 g/mol. The summed E-state index contributed by atoms with van der Waals surface area (Å²) >= 11 is 3.28. The first-order valence-corrected chi connectivity index (χ1v) is 10.1. The molecule has 0 aliphatic carbocycles. The van der Waals surface area contributed by atoms with Crippen LogP contribution in [0.2, 0.25) is 0 Å². The van der Waals surface area contributed by atoms with Crippen molar-refractivity contribution in [1.82, 2.24) is 0 Å². The van der Waals surface area contributed by atoms with Crippen LogP contribution in [0.5, 0.6) is 0 Å². The summed E-state index contributed by atoms with van der Waals surface area (Å²) in [6, 6.07) is 15.5. The van der Waals surface area contributed by atoms with Gasteiger partial charge in [-0.1, -0.05) is 42.1 Å². The van der Waals surface area contributed by atoms with Gasteiger partial charge in [0.1, 0.15) is 11.5 Å². The van der Waals surface area contributed by atoms with E-state index in [1.807, 2.05) is 36.6 Å². The van der Waals surface area contributed by atoms with Crippen molar-refractivity contribution < 1.29 is 9.18 Å². The van der Waals surface area contributed by atoms with Crippen molar-refractivity contribution in [3.05, 3.63) is 71.7 Å². The lowest BCUT2D eigenvalue weighted by atomic mass is 10.2. The van der Waals surface area contributed by atoms with Crippen LogP contribution >= 0.6 is 23.5 Å². The number of benzene rings is 2. The maximum absolute atomic E-state index is 13.2. The van der Waals surface area contributed by atoms with E-state index < -0.39 is 0 Å². The third-order valence-electron chi connectivity index (χ3n) is 3.54. The normalized spacial score (nSPS) is 15.8. The number of rotatable bonds is 5. The molecular weight excluding hydrogens is 355 g/mol. The Balaban J connectivity index is 1.92. The van der Waals surface area contributed by atoms with Gasteiger partial charge in [-0.15, -0.1) is 0 Å². The van der Waals surface area contributed by atoms with Crippen LogP contribution in [0.25, 0.3) is 6.08 Å². The molecule has 1 aliphatic rings. The largest absolute Gasteiger partial charge is 0.283 e. The van der Waals surface area contributed by atoms with Gasteiger partial charge in [0.15, 0.2) is 5.17 Å². The van der Waals surface area contributed by atoms with Gasteiger partial charge in [0.05, 0.1) is 5.69 Å². The van der Waals surface area contributed by atoms with Crippen LogP contribution in [0.3, 0.4) is 0 Å². The van der Waals surface area contributed by atoms with Gasteiger partial charge in [-0.05, 0) is 42.2 Å². The van der Waals surface area contributed by atoms with Crippen LogP contribution in [0.1, 0.15) is 5.56 Å². The van der Waals surface area contributed by atoms with E-state index in [-0.39, 0.29) is 11.7 Å². The Kier molecular flexibility index (Phi) is 5.94. The molecule has 3 nitrogen and oxygen atoms in total. The highest BCUT2D eigenvalue weighted by molar-refractivity contribution is 8.15. The van der Waals surface area contributed by atoms with Crippen molar-refractivity contribution in [3.63, 3.8) is 0 Å². The molecule has 1 amide bonds. The molecule has 0 aromatic heterocycles. The summed E-state index contributed by atoms with van der Waals surface area (Å²) in [6.07, 6.45) is 3.82. The van der Waals surface area contributed by atoms with Gasteiger partial charge in [-0.3, -0.25) is 9.69 Å². The van der Waals surface area contributed by atoms with Crippen molar-refractivity contribution in [2.45, 2.75) is 0 Å². The number of halogens is 1. The average Bonchev–Trinajstić information content (AvgIpc) is 2.93. The van der Waals surface area contributed by atoms with Gasteiger partial charge in [0.25, 0.3) is 5.91 Å². The van der Waals surface area contributed by atoms with Gasteiger partial charge >= 0.3 is 0 Å². The third kappa shape index (κ3) is 4.32. The van der Waals surface area contributed by atoms with Crippen LogP contribution < -0.4 is 4.90 Å². The minimum absolute atomic E-state index is 0.192. The fraction of sp³-hybridized carbons (Fsp3) is 0.158. The van der Waals surface area contributed by atoms with Gasteiger partial charge in [-0.25, -0.2) is 9.38 Å². The van der Waals surface area contributed by atoms with E-state index in [4.69, 9.17) is 0 Å². The van der Waals surface area contributed by atoms with E-state index in [0.717, 1.165) is 17.1 Å². The highest BCUT2D eigenvalue weighted by atomic mass is 32.2. The number of anilines is 1. The summed E-state index contributed by atoms with van der Waals surface area (Å²) in [6.45, 7) is 0. The lowest BCUT2D eigenvalue weighted by molar-refractivity contribution is -0.113. The Hall–Kier alpha value is -2.05. The second kappa shape index (κ2) is 8.36. The van der Waals surface area contributed by atoms with E-state index in [1.54, 1.807) is 34.9 Å². The SMILES string of the molecule is CSCCSC1=N/C(=C\c2ccccc2)C(=O)N1c1ccc(F)cc1. The van der Waals surface area contributed by atoms with Gasteiger partial charge in [-0.2, -0.15) is 11.8 Å². The number of hydrogen-bond donors (Lipinski definition) is 0. The summed E-state index contributed by atoms with van der Waals surface area (Å²) in [7, 11) is 0. The fourth-order valence-corrected chi connectivity index (χ4v) is 4.00. The number of carbonyl (C=O) groups is 1. The minimum Gasteiger partial charge on any atom is -0.266 e. The Labute approximate surface area is 155 Å². The smallest absolute Gasteiger partial charge is 0.266 e. The fourth-order valence-electron chi connectivity index (χ4n) is 2.33. The number of amides is 1. The molecule has 0 spiro atoms. The predicted octanol–water partition coefficient (Wildman–Crippen LogP) is 4.67. The number of hydrogen-bond acceptors (Lipinski definition) is 4. The monoisotopic (exact) mass is 372 g/mol. The first-order valence-electron chi connectivity index (χ1n) is 7.76. The Morgan fingerprint density at radius 3 is 2.48 bits per heavy atom. The molecule has 25 heavy (non-hydrogen) atoms. The number of aliphatic imine (C=N–C) groups is 1. The van der Waals surface area contributed by atoms with E-state index >= 15 is 0 Å². The molecular formula is C19H17FN2OS2. The standard InChI is InChI=1S/C19H17FN2OS2/c1-24-11-12-25-19-21-17(13-14-5-3-2-4-6-14)18(23)22(19)16-9-7-15(20)8-10-16/h2-10,13H,11-12H2,1H3/b17-13-. The van der Waals surface area contributed by atoms with E-state index in [1.165, 1.54) is 23.9 Å². The maximum Gasteiger partial charge on any atom is 0.283 e. The van der Waals surface area contributed by atoms with Crippen LogP contribution in [-0.4, -0.2) is 28.8 Å². The van der Waals surface area contributed by atoms with Crippen molar-refractivity contribution in [2.24, 2.45) is 4.99 Å². The van der Waals surface area contributed by atoms with Gasteiger partial charge < -0.3 is 0 Å². The van der Waals surface area contributed by atoms with Gasteiger partial charge in [0.2, 0.25) is 0 Å². The molecule has 0 N–H and O–H groups in total. The Morgan fingerprint density at radius 1 is 1.08 bits per heavy atom.